The number of aliphatic hydroxyl groups is 2. The second kappa shape index (κ2) is 23.1. The Kier molecular flexibility index (Phi) is 18.1. The van der Waals surface area contributed by atoms with Gasteiger partial charge in [-0.3, -0.25) is 24.0 Å². The Balaban J connectivity index is 1.78. The summed E-state index contributed by atoms with van der Waals surface area (Å²) in [6.45, 7) is -0.0668. The van der Waals surface area contributed by atoms with Crippen LogP contribution in [0.2, 0.25) is 0 Å². The first-order valence-corrected chi connectivity index (χ1v) is 20.7. The number of carboxylic acid groups (broad SMARTS) is 1. The molecule has 0 aliphatic carbocycles. The number of nitrogens with one attached hydrogen (secondary N) is 5. The van der Waals surface area contributed by atoms with Crippen LogP contribution in [0, 0.1) is 0 Å². The van der Waals surface area contributed by atoms with Crippen LogP contribution in [0.4, 0.5) is 5.69 Å². The van der Waals surface area contributed by atoms with Gasteiger partial charge in [-0.2, -0.15) is 0 Å². The number of benzene rings is 4. The summed E-state index contributed by atoms with van der Waals surface area (Å²) in [6, 6.07) is 27.4. The van der Waals surface area contributed by atoms with Crippen molar-refractivity contribution in [1.82, 2.24) is 26.6 Å². The second-order valence-corrected chi connectivity index (χ2v) is 15.5. The molecule has 12 N–H and O–H groups in total. The topological polar surface area (TPSA) is 275 Å². The average Bonchev–Trinajstić information content (AvgIpc) is 3.27. The number of nitrogens with two attached hydrogens (primary N) is 2. The van der Waals surface area contributed by atoms with E-state index in [1.165, 1.54) is 18.7 Å². The summed E-state index contributed by atoms with van der Waals surface area (Å²) >= 11 is 6.86. The van der Waals surface area contributed by atoms with E-state index in [1.807, 2.05) is 91.0 Å². The van der Waals surface area contributed by atoms with Crippen molar-refractivity contribution in [2.24, 2.45) is 5.73 Å². The molecule has 0 fully saturated rings. The van der Waals surface area contributed by atoms with Crippen LogP contribution in [0.15, 0.2) is 115 Å². The molecule has 0 aliphatic rings. The molecule has 0 unspecified atom stereocenters. The SMILES string of the molecule is C[C@@H](O)[C@H](NC(=O)[C@H](CSC(c1ccccc1)(c1ccccc1)c1ccccc1)NC(=O)[C@H](Cc1ccc(N)cc1)NC(=O)[C@@H](N)CNC(=O)CCl)C(=O)N[C@@H](CO)C(=O)O. The number of alkyl halides is 1. The van der Waals surface area contributed by atoms with E-state index in [2.05, 4.69) is 26.6 Å². The Morgan fingerprint density at radius 2 is 1.16 bits per heavy atom. The Hall–Kier alpha value is -5.98. The van der Waals surface area contributed by atoms with Gasteiger partial charge in [0.15, 0.2) is 0 Å². The fourth-order valence-corrected chi connectivity index (χ4v) is 7.93. The molecule has 0 aliphatic heterocycles. The molecule has 61 heavy (non-hydrogen) atoms. The summed E-state index contributed by atoms with van der Waals surface area (Å²) in [5, 5.41) is 42.0. The van der Waals surface area contributed by atoms with Gasteiger partial charge >= 0.3 is 5.97 Å². The van der Waals surface area contributed by atoms with Gasteiger partial charge in [-0.25, -0.2) is 4.79 Å². The van der Waals surface area contributed by atoms with Crippen molar-refractivity contribution in [3.05, 3.63) is 138 Å². The molecular formula is C43H50ClN7O9S. The zero-order valence-electron chi connectivity index (χ0n) is 33.2. The normalized spacial score (nSPS) is 14.2. The number of anilines is 1. The van der Waals surface area contributed by atoms with E-state index in [0.717, 1.165) is 16.7 Å². The third kappa shape index (κ3) is 13.3. The summed E-state index contributed by atoms with van der Waals surface area (Å²) in [6.07, 6.45) is -1.67. The van der Waals surface area contributed by atoms with Crippen LogP contribution in [0.1, 0.15) is 29.2 Å². The van der Waals surface area contributed by atoms with Gasteiger partial charge < -0.3 is 53.4 Å². The minimum Gasteiger partial charge on any atom is -0.480 e. The number of carboxylic acids is 1. The van der Waals surface area contributed by atoms with Crippen LogP contribution >= 0.6 is 23.4 Å². The fourth-order valence-electron chi connectivity index (χ4n) is 6.28. The van der Waals surface area contributed by atoms with Crippen molar-refractivity contribution < 1.29 is 44.1 Å². The first-order chi connectivity index (χ1) is 29.2. The lowest BCUT2D eigenvalue weighted by Crippen LogP contribution is -2.61. The van der Waals surface area contributed by atoms with Crippen LogP contribution in [0.3, 0.4) is 0 Å². The van der Waals surface area contributed by atoms with Gasteiger partial charge in [0.05, 0.1) is 17.5 Å². The number of amides is 5. The molecule has 4 rings (SSSR count). The number of thioether (sulfide) groups is 1. The van der Waals surface area contributed by atoms with Crippen molar-refractivity contribution in [1.29, 1.82) is 0 Å². The van der Waals surface area contributed by atoms with E-state index < -0.39 is 83.2 Å². The number of hydrogen-bond acceptors (Lipinski definition) is 11. The molecule has 6 atom stereocenters. The number of carbonyl (C=O) groups is 6. The number of rotatable bonds is 22. The van der Waals surface area contributed by atoms with Crippen LogP contribution in [0.5, 0.6) is 0 Å². The van der Waals surface area contributed by atoms with E-state index in [0.29, 0.717) is 11.3 Å². The van der Waals surface area contributed by atoms with Crippen LogP contribution in [0.25, 0.3) is 0 Å². The zero-order valence-corrected chi connectivity index (χ0v) is 34.8. The molecule has 0 bridgehead atoms. The minimum absolute atomic E-state index is 0.0987. The lowest BCUT2D eigenvalue weighted by atomic mass is 9.84. The maximum absolute atomic E-state index is 14.5. The van der Waals surface area contributed by atoms with Gasteiger partial charge in [-0.1, -0.05) is 103 Å². The van der Waals surface area contributed by atoms with Crippen LogP contribution in [-0.2, 0) is 39.9 Å². The van der Waals surface area contributed by atoms with Crippen LogP contribution < -0.4 is 38.1 Å². The Morgan fingerprint density at radius 3 is 1.62 bits per heavy atom. The Labute approximate surface area is 362 Å². The lowest BCUT2D eigenvalue weighted by Gasteiger charge is -2.37. The molecule has 0 aromatic heterocycles. The highest BCUT2D eigenvalue weighted by molar-refractivity contribution is 8.00. The van der Waals surface area contributed by atoms with Crippen molar-refractivity contribution in [2.45, 2.75) is 54.4 Å². The maximum Gasteiger partial charge on any atom is 0.328 e. The highest BCUT2D eigenvalue weighted by Crippen LogP contribution is 2.48. The predicted molar refractivity (Wildman–Crippen MR) is 232 cm³/mol. The molecule has 0 radical (unpaired) electrons. The molecule has 0 spiro atoms. The molecular weight excluding hydrogens is 826 g/mol. The number of hydrogen-bond donors (Lipinski definition) is 10. The molecule has 0 saturated heterocycles. The Morgan fingerprint density at radius 1 is 0.689 bits per heavy atom. The summed E-state index contributed by atoms with van der Waals surface area (Å²) in [4.78, 5) is 79.0. The van der Waals surface area contributed by atoms with Crippen molar-refractivity contribution in [3.8, 4) is 0 Å². The quantitative estimate of drug-likeness (QED) is 0.0296. The minimum atomic E-state index is -1.74. The molecule has 0 heterocycles. The number of aliphatic carboxylic acids is 1. The van der Waals surface area contributed by atoms with Crippen molar-refractivity contribution in [2.75, 3.05) is 30.5 Å². The van der Waals surface area contributed by atoms with E-state index in [-0.39, 0.29) is 24.6 Å². The second-order valence-electron chi connectivity index (χ2n) is 14.0. The standard InChI is InChI=1S/C43H50ClN7O9S/c1-26(53)37(41(58)49-34(24-52)42(59)60)51-40(57)35(25-61-43(28-11-5-2-6-12-28,29-13-7-3-8-14-29)30-15-9-4-10-16-30)50-39(56)33(21-27-17-19-31(45)20-18-27)48-38(55)32(46)23-47-36(54)22-44/h2-20,26,32-35,37,52-53H,21-25,45-46H2,1H3,(H,47,54)(H,48,55)(H,49,58)(H,50,56)(H,51,57)(H,59,60)/t26-,32+,33+,34+,35+,37+/m1/s1. The number of aliphatic hydroxyl groups excluding tert-OH is 2. The molecule has 5 amide bonds. The lowest BCUT2D eigenvalue weighted by molar-refractivity contribution is -0.144. The van der Waals surface area contributed by atoms with E-state index in [9.17, 15) is 44.1 Å². The third-order valence-corrected chi connectivity index (χ3v) is 11.4. The summed E-state index contributed by atoms with van der Waals surface area (Å²) in [5.74, 6) is -6.36. The van der Waals surface area contributed by atoms with Gasteiger partial charge in [0.25, 0.3) is 0 Å². The van der Waals surface area contributed by atoms with Crippen LogP contribution in [-0.4, -0.2) is 112 Å². The highest BCUT2D eigenvalue weighted by Gasteiger charge is 2.40. The van der Waals surface area contributed by atoms with E-state index >= 15 is 0 Å². The smallest absolute Gasteiger partial charge is 0.328 e. The number of nitrogen functional groups attached to an aromatic ring is 1. The summed E-state index contributed by atoms with van der Waals surface area (Å²) in [5.41, 5.74) is 15.5. The van der Waals surface area contributed by atoms with Gasteiger partial charge in [0.1, 0.15) is 36.1 Å². The predicted octanol–water partition coefficient (Wildman–Crippen LogP) is 0.616. The molecule has 0 saturated carbocycles. The molecule has 4 aromatic carbocycles. The average molecular weight is 876 g/mol. The van der Waals surface area contributed by atoms with Gasteiger partial charge in [-0.05, 0) is 41.3 Å². The number of carbonyl (C=O) groups excluding carboxylic acids is 5. The summed E-state index contributed by atoms with van der Waals surface area (Å²) in [7, 11) is 0. The van der Waals surface area contributed by atoms with Gasteiger partial charge in [-0.15, -0.1) is 23.4 Å². The van der Waals surface area contributed by atoms with Gasteiger partial charge in [0, 0.05) is 24.4 Å². The largest absolute Gasteiger partial charge is 0.480 e. The Bertz CT molecular complexity index is 1990. The third-order valence-electron chi connectivity index (χ3n) is 9.53. The van der Waals surface area contributed by atoms with E-state index in [4.69, 9.17) is 23.1 Å². The van der Waals surface area contributed by atoms with Crippen molar-refractivity contribution >= 4 is 64.6 Å². The molecule has 18 heteroatoms. The first-order valence-electron chi connectivity index (χ1n) is 19.2. The summed E-state index contributed by atoms with van der Waals surface area (Å²) < 4.78 is -0.998. The molecule has 16 nitrogen and oxygen atoms in total. The highest BCUT2D eigenvalue weighted by atomic mass is 35.5. The maximum atomic E-state index is 14.5. The fraction of sp³-hybridized carbons (Fsp3) is 0.302. The number of halogens is 1. The van der Waals surface area contributed by atoms with E-state index in [1.54, 1.807) is 24.3 Å². The molecule has 324 valence electrons. The van der Waals surface area contributed by atoms with Crippen molar-refractivity contribution in [3.63, 3.8) is 0 Å². The van der Waals surface area contributed by atoms with Gasteiger partial charge in [0.2, 0.25) is 29.5 Å². The zero-order chi connectivity index (χ0) is 44.5. The first kappa shape index (κ1) is 47.7. The molecule has 4 aromatic rings. The monoisotopic (exact) mass is 875 g/mol.